The number of anilines is 1. The molecule has 242 valence electrons. The molecule has 0 aliphatic heterocycles. The number of hydrogen-bond donors (Lipinski definition) is 2. The van der Waals surface area contributed by atoms with Crippen LogP contribution in [0.2, 0.25) is 0 Å². The summed E-state index contributed by atoms with van der Waals surface area (Å²) >= 11 is 0. The van der Waals surface area contributed by atoms with Crippen LogP contribution < -0.4 is 16.5 Å². The highest BCUT2D eigenvalue weighted by Gasteiger charge is 2.37. The van der Waals surface area contributed by atoms with Crippen molar-refractivity contribution in [2.45, 2.75) is 71.9 Å². The Kier molecular flexibility index (Phi) is 11.7. The first-order chi connectivity index (χ1) is 20.7. The van der Waals surface area contributed by atoms with Gasteiger partial charge in [-0.2, -0.15) is 26.3 Å². The number of hydrazine groups is 1. The second-order valence-electron chi connectivity index (χ2n) is 10.7. The predicted octanol–water partition coefficient (Wildman–Crippen LogP) is 7.35. The number of para-hydroxylation sites is 1. The fraction of sp³-hybridized carbons (Fsp3) is 0.484. The molecule has 0 saturated heterocycles. The molecule has 1 fully saturated rings. The van der Waals surface area contributed by atoms with Gasteiger partial charge >= 0.3 is 12.4 Å². The van der Waals surface area contributed by atoms with Crippen LogP contribution in [0.15, 0.2) is 53.6 Å². The van der Waals surface area contributed by atoms with E-state index in [0.29, 0.717) is 36.0 Å². The summed E-state index contributed by atoms with van der Waals surface area (Å²) in [4.78, 5) is 8.52. The van der Waals surface area contributed by atoms with Crippen molar-refractivity contribution in [3.63, 3.8) is 0 Å². The quantitative estimate of drug-likeness (QED) is 0.0850. The van der Waals surface area contributed by atoms with E-state index in [-0.39, 0.29) is 24.1 Å². The van der Waals surface area contributed by atoms with Crippen LogP contribution in [-0.2, 0) is 25.4 Å². The van der Waals surface area contributed by atoms with E-state index in [1.165, 1.54) is 24.8 Å². The average molecular weight is 626 g/mol. The topological polar surface area (TPSA) is 87.0 Å². The maximum atomic E-state index is 13.6. The van der Waals surface area contributed by atoms with E-state index in [2.05, 4.69) is 10.0 Å². The molecule has 0 spiro atoms. The second kappa shape index (κ2) is 14.8. The lowest BCUT2D eigenvalue weighted by Gasteiger charge is -2.31. The average Bonchev–Trinajstić information content (AvgIpc) is 3.48. The molecule has 4 rings (SSSR count). The molecule has 0 atom stereocenters. The number of halogens is 6. The van der Waals surface area contributed by atoms with E-state index in [9.17, 15) is 26.3 Å². The van der Waals surface area contributed by atoms with Gasteiger partial charge < -0.3 is 15.5 Å². The minimum absolute atomic E-state index is 0.00903. The van der Waals surface area contributed by atoms with E-state index < -0.39 is 30.0 Å². The highest BCUT2D eigenvalue weighted by molar-refractivity contribution is 5.82. The number of nitrogens with zero attached hydrogens (tertiary/aromatic N) is 5. The highest BCUT2D eigenvalue weighted by atomic mass is 19.4. The molecule has 1 aliphatic rings. The van der Waals surface area contributed by atoms with Crippen molar-refractivity contribution in [1.29, 1.82) is 0 Å². The zero-order valence-corrected chi connectivity index (χ0v) is 25.5. The van der Waals surface area contributed by atoms with E-state index in [1.807, 2.05) is 51.1 Å². The Morgan fingerprint density at radius 3 is 2.07 bits per heavy atom. The Balaban J connectivity index is 0.00000259. The molecule has 2 aromatic carbocycles. The van der Waals surface area contributed by atoms with Gasteiger partial charge in [-0.25, -0.2) is 15.9 Å². The van der Waals surface area contributed by atoms with Gasteiger partial charge in [-0.3, -0.25) is 0 Å². The molecule has 44 heavy (non-hydrogen) atoms. The van der Waals surface area contributed by atoms with Crippen molar-refractivity contribution in [2.24, 2.45) is 22.6 Å². The van der Waals surface area contributed by atoms with Crippen molar-refractivity contribution >= 4 is 22.7 Å². The van der Waals surface area contributed by atoms with Gasteiger partial charge in [0.15, 0.2) is 0 Å². The maximum absolute atomic E-state index is 13.6. The van der Waals surface area contributed by atoms with Crippen LogP contribution in [0.3, 0.4) is 0 Å². The number of guanidine groups is 1. The molecular formula is C31H41F6N7. The van der Waals surface area contributed by atoms with Gasteiger partial charge in [0.05, 0.1) is 16.6 Å². The van der Waals surface area contributed by atoms with Crippen LogP contribution in [0.25, 0.3) is 10.9 Å². The lowest BCUT2D eigenvalue weighted by molar-refractivity contribution is -0.143. The van der Waals surface area contributed by atoms with Gasteiger partial charge in [0.2, 0.25) is 5.96 Å². The number of rotatable bonds is 9. The molecule has 0 bridgehead atoms. The summed E-state index contributed by atoms with van der Waals surface area (Å²) in [6, 6.07) is 10.9. The van der Waals surface area contributed by atoms with Gasteiger partial charge in [0, 0.05) is 44.2 Å². The third-order valence-electron chi connectivity index (χ3n) is 7.38. The van der Waals surface area contributed by atoms with Crippen molar-refractivity contribution in [2.75, 3.05) is 25.0 Å². The number of nitrogens with two attached hydrogens (primary N) is 2. The first kappa shape index (κ1) is 34.7. The van der Waals surface area contributed by atoms with Gasteiger partial charge in [-0.05, 0) is 61.6 Å². The predicted molar refractivity (Wildman–Crippen MR) is 162 cm³/mol. The lowest BCUT2D eigenvalue weighted by Crippen LogP contribution is -2.40. The van der Waals surface area contributed by atoms with Crippen molar-refractivity contribution in [1.82, 2.24) is 15.0 Å². The molecule has 1 saturated carbocycles. The Morgan fingerprint density at radius 1 is 0.932 bits per heavy atom. The first-order valence-electron chi connectivity index (χ1n) is 14.7. The molecule has 1 aromatic heterocycles. The molecule has 1 heterocycles. The van der Waals surface area contributed by atoms with Crippen molar-refractivity contribution in [3.05, 3.63) is 70.8 Å². The highest BCUT2D eigenvalue weighted by Crippen LogP contribution is 2.37. The molecule has 4 N–H and O–H groups in total. The Hall–Kier alpha value is -3.74. The molecule has 13 heteroatoms. The minimum atomic E-state index is -4.98. The van der Waals surface area contributed by atoms with Crippen molar-refractivity contribution in [3.8, 4) is 0 Å². The standard InChI is InChI=1S/C29H35F6N7.C2H6/c1-3-41(16-19-8-4-5-9-19)26-22(14-21-10-6-7-11-25(21)38-26)18-42(27(36)39-40(2)37)17-20-12-23(28(30,31)32)15-24(13-20)29(33,34)35;1-2/h6-7,10-15,19H,3-5,8-9,16-18,37H2,1-2H3,(H2,36,39);1-2H3. The van der Waals surface area contributed by atoms with Gasteiger partial charge in [-0.1, -0.05) is 44.9 Å². The number of hydrogen-bond acceptors (Lipinski definition) is 5. The third kappa shape index (κ3) is 9.13. The van der Waals surface area contributed by atoms with E-state index >= 15 is 0 Å². The van der Waals surface area contributed by atoms with Gasteiger partial charge in [-0.15, -0.1) is 5.10 Å². The third-order valence-corrected chi connectivity index (χ3v) is 7.38. The number of alkyl halides is 6. The summed E-state index contributed by atoms with van der Waals surface area (Å²) in [6.45, 7) is 7.08. The van der Waals surface area contributed by atoms with E-state index in [1.54, 1.807) is 0 Å². The first-order valence-corrected chi connectivity index (χ1v) is 14.7. The molecule has 7 nitrogen and oxygen atoms in total. The Bertz CT molecular complexity index is 1370. The Morgan fingerprint density at radius 2 is 1.52 bits per heavy atom. The number of pyridine rings is 1. The number of aromatic nitrogens is 1. The minimum Gasteiger partial charge on any atom is -0.368 e. The number of hydrazone groups is 1. The van der Waals surface area contributed by atoms with Crippen LogP contribution in [0.1, 0.15) is 68.7 Å². The van der Waals surface area contributed by atoms with Gasteiger partial charge in [0.25, 0.3) is 0 Å². The lowest BCUT2D eigenvalue weighted by atomic mass is 10.0. The van der Waals surface area contributed by atoms with Crippen LogP contribution in [-0.4, -0.2) is 41.1 Å². The largest absolute Gasteiger partial charge is 0.416 e. The van der Waals surface area contributed by atoms with Crippen molar-refractivity contribution < 1.29 is 26.3 Å². The van der Waals surface area contributed by atoms with Crippen LogP contribution in [0.4, 0.5) is 32.2 Å². The second-order valence-corrected chi connectivity index (χ2v) is 10.7. The monoisotopic (exact) mass is 625 g/mol. The normalized spacial score (nSPS) is 14.4. The van der Waals surface area contributed by atoms with Gasteiger partial charge in [0.1, 0.15) is 5.82 Å². The summed E-state index contributed by atoms with van der Waals surface area (Å²) in [6.07, 6.45) is -5.38. The Labute approximate surface area is 254 Å². The number of fused-ring (bicyclic) bond motifs is 1. The zero-order valence-electron chi connectivity index (χ0n) is 25.5. The molecule has 3 aromatic rings. The summed E-state index contributed by atoms with van der Waals surface area (Å²) in [5.41, 5.74) is 4.67. The molecule has 0 radical (unpaired) electrons. The molecular weight excluding hydrogens is 584 g/mol. The van der Waals surface area contributed by atoms with Crippen LogP contribution >= 0.6 is 0 Å². The fourth-order valence-electron chi connectivity index (χ4n) is 5.39. The summed E-state index contributed by atoms with van der Waals surface area (Å²) in [5.74, 6) is 6.68. The van der Waals surface area contributed by atoms with Crippen LogP contribution in [0, 0.1) is 5.92 Å². The SMILES string of the molecule is CC.CCN(CC1CCCC1)c1nc2ccccc2cc1CN(Cc1cc(C(F)(F)F)cc(C(F)(F)F)c1)/C(N)=N/N(C)N. The smallest absolute Gasteiger partial charge is 0.368 e. The maximum Gasteiger partial charge on any atom is 0.416 e. The summed E-state index contributed by atoms with van der Waals surface area (Å²) < 4.78 is 81.5. The fourth-order valence-corrected chi connectivity index (χ4v) is 5.39. The summed E-state index contributed by atoms with van der Waals surface area (Å²) in [5, 5.41) is 5.76. The van der Waals surface area contributed by atoms with E-state index in [0.717, 1.165) is 35.4 Å². The summed E-state index contributed by atoms with van der Waals surface area (Å²) in [7, 11) is 1.40. The zero-order chi connectivity index (χ0) is 32.7. The van der Waals surface area contributed by atoms with Crippen LogP contribution in [0.5, 0.6) is 0 Å². The van der Waals surface area contributed by atoms with E-state index in [4.69, 9.17) is 16.6 Å². The molecule has 0 unspecified atom stereocenters. The molecule has 0 amide bonds. The molecule has 1 aliphatic carbocycles. The number of benzene rings is 2.